The number of ether oxygens (including phenoxy) is 2. The molecule has 0 aliphatic heterocycles. The van der Waals surface area contributed by atoms with Crippen LogP contribution in [0.3, 0.4) is 0 Å². The molecule has 0 saturated heterocycles. The summed E-state index contributed by atoms with van der Waals surface area (Å²) in [6, 6.07) is 25.3. The van der Waals surface area contributed by atoms with Gasteiger partial charge in [0.2, 0.25) is 0 Å². The van der Waals surface area contributed by atoms with Crippen molar-refractivity contribution in [2.24, 2.45) is 0 Å². The first-order valence-electron chi connectivity index (χ1n) is 10.3. The fraction of sp³-hybridized carbons (Fsp3) is 0.231. The number of H-pyrrole nitrogens is 1. The highest BCUT2D eigenvalue weighted by Gasteiger charge is 2.24. The fourth-order valence-corrected chi connectivity index (χ4v) is 4.11. The Kier molecular flexibility index (Phi) is 6.05. The Morgan fingerprint density at radius 2 is 1.60 bits per heavy atom. The summed E-state index contributed by atoms with van der Waals surface area (Å²) in [7, 11) is 3.38. The van der Waals surface area contributed by atoms with Crippen molar-refractivity contribution in [1.29, 1.82) is 0 Å². The van der Waals surface area contributed by atoms with Gasteiger partial charge in [0.15, 0.2) is 11.5 Å². The first-order chi connectivity index (χ1) is 14.7. The third-order valence-electron chi connectivity index (χ3n) is 5.73. The van der Waals surface area contributed by atoms with Gasteiger partial charge in [0.05, 0.1) is 14.2 Å². The van der Waals surface area contributed by atoms with Crippen LogP contribution in [0.1, 0.15) is 35.6 Å². The summed E-state index contributed by atoms with van der Waals surface area (Å²) >= 11 is 0. The number of aromatic amines is 1. The second kappa shape index (κ2) is 9.06. The van der Waals surface area contributed by atoms with E-state index in [1.54, 1.807) is 14.2 Å². The molecular weight excluding hydrogens is 372 g/mol. The second-order valence-corrected chi connectivity index (χ2v) is 7.47. The summed E-state index contributed by atoms with van der Waals surface area (Å²) in [4.78, 5) is 3.42. The lowest BCUT2D eigenvalue weighted by molar-refractivity contribution is 0.350. The monoisotopic (exact) mass is 400 g/mol. The van der Waals surface area contributed by atoms with Gasteiger partial charge in [-0.3, -0.25) is 0 Å². The zero-order valence-corrected chi connectivity index (χ0v) is 17.7. The quantitative estimate of drug-likeness (QED) is 0.401. The summed E-state index contributed by atoms with van der Waals surface area (Å²) in [6.07, 6.45) is 2.11. The summed E-state index contributed by atoms with van der Waals surface area (Å²) in [6.45, 7) is 2.96. The van der Waals surface area contributed by atoms with Crippen molar-refractivity contribution < 1.29 is 9.47 Å². The highest BCUT2D eigenvalue weighted by Crippen LogP contribution is 2.40. The van der Waals surface area contributed by atoms with Crippen molar-refractivity contribution in [2.45, 2.75) is 18.9 Å². The van der Waals surface area contributed by atoms with Crippen molar-refractivity contribution in [3.8, 4) is 11.5 Å². The van der Waals surface area contributed by atoms with E-state index in [1.165, 1.54) is 16.5 Å². The minimum absolute atomic E-state index is 0.0948. The molecule has 4 aromatic rings. The van der Waals surface area contributed by atoms with Crippen molar-refractivity contribution in [3.05, 3.63) is 95.7 Å². The first-order valence-corrected chi connectivity index (χ1v) is 10.3. The number of fused-ring (bicyclic) bond motifs is 1. The van der Waals surface area contributed by atoms with Crippen LogP contribution in [0.2, 0.25) is 0 Å². The van der Waals surface area contributed by atoms with E-state index in [0.717, 1.165) is 29.1 Å². The van der Waals surface area contributed by atoms with Gasteiger partial charge in [0.1, 0.15) is 0 Å². The Labute approximate surface area is 177 Å². The number of methoxy groups -OCH3 is 2. The highest BCUT2D eigenvalue weighted by atomic mass is 16.5. The van der Waals surface area contributed by atoms with Crippen LogP contribution in [0, 0.1) is 0 Å². The smallest absolute Gasteiger partial charge is 0.164 e. The molecule has 4 heteroatoms. The van der Waals surface area contributed by atoms with E-state index in [-0.39, 0.29) is 12.0 Å². The lowest BCUT2D eigenvalue weighted by atomic mass is 9.89. The van der Waals surface area contributed by atoms with Crippen LogP contribution < -0.4 is 14.8 Å². The van der Waals surface area contributed by atoms with Crippen LogP contribution in [0.5, 0.6) is 11.5 Å². The Bertz CT molecular complexity index is 1100. The van der Waals surface area contributed by atoms with Crippen LogP contribution in [-0.4, -0.2) is 25.7 Å². The lowest BCUT2D eigenvalue weighted by Crippen LogP contribution is -2.25. The molecule has 3 aromatic carbocycles. The highest BCUT2D eigenvalue weighted by molar-refractivity contribution is 5.84. The normalized spacial score (nSPS) is 13.2. The van der Waals surface area contributed by atoms with Gasteiger partial charge in [-0.2, -0.15) is 0 Å². The molecule has 0 radical (unpaired) electrons. The minimum atomic E-state index is 0.0948. The van der Waals surface area contributed by atoms with Gasteiger partial charge in [0, 0.05) is 41.2 Å². The third-order valence-corrected chi connectivity index (χ3v) is 5.73. The number of hydrogen-bond acceptors (Lipinski definition) is 3. The number of aromatic nitrogens is 1. The molecule has 2 atom stereocenters. The Morgan fingerprint density at radius 1 is 0.833 bits per heavy atom. The first kappa shape index (κ1) is 20.0. The predicted molar refractivity (Wildman–Crippen MR) is 123 cm³/mol. The van der Waals surface area contributed by atoms with Crippen molar-refractivity contribution >= 4 is 10.9 Å². The van der Waals surface area contributed by atoms with Crippen molar-refractivity contribution in [2.75, 3.05) is 20.8 Å². The summed E-state index contributed by atoms with van der Waals surface area (Å²) in [5, 5.41) is 4.95. The molecule has 0 amide bonds. The average Bonchev–Trinajstić information content (AvgIpc) is 3.23. The van der Waals surface area contributed by atoms with Gasteiger partial charge in [-0.05, 0) is 30.2 Å². The van der Waals surface area contributed by atoms with Crippen LogP contribution >= 0.6 is 0 Å². The summed E-state index contributed by atoms with van der Waals surface area (Å²) in [5.74, 6) is 1.62. The molecule has 1 aromatic heterocycles. The zero-order chi connectivity index (χ0) is 20.9. The van der Waals surface area contributed by atoms with E-state index in [4.69, 9.17) is 9.47 Å². The molecule has 4 nitrogen and oxygen atoms in total. The number of rotatable bonds is 8. The number of hydrogen-bond donors (Lipinski definition) is 2. The van der Waals surface area contributed by atoms with E-state index < -0.39 is 0 Å². The lowest BCUT2D eigenvalue weighted by Gasteiger charge is -2.24. The van der Waals surface area contributed by atoms with Crippen molar-refractivity contribution in [3.63, 3.8) is 0 Å². The van der Waals surface area contributed by atoms with Crippen LogP contribution in [0.15, 0.2) is 79.0 Å². The molecule has 0 spiro atoms. The molecule has 0 bridgehead atoms. The largest absolute Gasteiger partial charge is 0.493 e. The van der Waals surface area contributed by atoms with E-state index in [2.05, 4.69) is 78.0 Å². The van der Waals surface area contributed by atoms with Gasteiger partial charge in [-0.1, -0.05) is 60.7 Å². The van der Waals surface area contributed by atoms with Gasteiger partial charge in [0.25, 0.3) is 0 Å². The molecule has 1 heterocycles. The maximum Gasteiger partial charge on any atom is 0.164 e. The molecule has 0 unspecified atom stereocenters. The van der Waals surface area contributed by atoms with Crippen LogP contribution in [0.4, 0.5) is 0 Å². The van der Waals surface area contributed by atoms with E-state index in [9.17, 15) is 0 Å². The number of para-hydroxylation sites is 2. The van der Waals surface area contributed by atoms with Crippen LogP contribution in [-0.2, 0) is 0 Å². The van der Waals surface area contributed by atoms with Gasteiger partial charge < -0.3 is 19.8 Å². The third kappa shape index (κ3) is 3.91. The van der Waals surface area contributed by atoms with Crippen molar-refractivity contribution in [1.82, 2.24) is 10.3 Å². The summed E-state index contributed by atoms with van der Waals surface area (Å²) in [5.41, 5.74) is 4.75. The average molecular weight is 401 g/mol. The molecule has 154 valence electrons. The van der Waals surface area contributed by atoms with Gasteiger partial charge in [-0.15, -0.1) is 0 Å². The predicted octanol–water partition coefficient (Wildman–Crippen LogP) is 5.67. The van der Waals surface area contributed by atoms with Gasteiger partial charge >= 0.3 is 0 Å². The Morgan fingerprint density at radius 3 is 2.37 bits per heavy atom. The maximum atomic E-state index is 5.79. The second-order valence-electron chi connectivity index (χ2n) is 7.47. The molecule has 0 saturated carbocycles. The SMILES string of the molecule is COc1cccc([C@@H](CN[C@@H](C)c2ccccc2)c2c[nH]c3ccccc23)c1OC. The molecule has 30 heavy (non-hydrogen) atoms. The molecule has 0 aliphatic carbocycles. The van der Waals surface area contributed by atoms with E-state index >= 15 is 0 Å². The summed E-state index contributed by atoms with van der Waals surface area (Å²) < 4.78 is 11.4. The number of benzene rings is 3. The molecule has 0 aliphatic rings. The number of nitrogens with one attached hydrogen (secondary N) is 2. The molecule has 4 rings (SSSR count). The molecule has 2 N–H and O–H groups in total. The van der Waals surface area contributed by atoms with Gasteiger partial charge in [-0.25, -0.2) is 0 Å². The zero-order valence-electron chi connectivity index (χ0n) is 17.7. The fourth-order valence-electron chi connectivity index (χ4n) is 4.11. The topological polar surface area (TPSA) is 46.3 Å². The molecule has 0 fully saturated rings. The minimum Gasteiger partial charge on any atom is -0.493 e. The van der Waals surface area contributed by atoms with E-state index in [1.807, 2.05) is 18.2 Å². The Hall–Kier alpha value is -3.24. The Balaban J connectivity index is 1.74. The maximum absolute atomic E-state index is 5.79. The van der Waals surface area contributed by atoms with E-state index in [0.29, 0.717) is 0 Å². The van der Waals surface area contributed by atoms with Crippen LogP contribution in [0.25, 0.3) is 10.9 Å². The molecular formula is C26H28N2O2. The standard InChI is InChI=1S/C26H28N2O2/c1-18(19-10-5-4-6-11-19)27-16-23(21-13-9-15-25(29-2)26(21)30-3)22-17-28-24-14-8-7-12-20(22)24/h4-15,17-18,23,27-28H,16H2,1-3H3/t18-,23+/m0/s1.